The van der Waals surface area contributed by atoms with Crippen LogP contribution in [-0.4, -0.2) is 6.29 Å². The van der Waals surface area contributed by atoms with E-state index in [-0.39, 0.29) is 23.7 Å². The van der Waals surface area contributed by atoms with Crippen LogP contribution < -0.4 is 0 Å². The summed E-state index contributed by atoms with van der Waals surface area (Å²) >= 11 is 0. The molecule has 0 heterocycles. The molecule has 0 aromatic heterocycles. The van der Waals surface area contributed by atoms with Crippen molar-refractivity contribution in [2.75, 3.05) is 0 Å². The molecule has 4 atom stereocenters. The monoisotopic (exact) mass is 284 g/mol. The van der Waals surface area contributed by atoms with Crippen molar-refractivity contribution in [1.82, 2.24) is 0 Å². The van der Waals surface area contributed by atoms with Crippen LogP contribution in [0, 0.1) is 34.5 Å². The highest BCUT2D eigenvalue weighted by atomic mass is 16.1. The number of benzene rings is 2. The summed E-state index contributed by atoms with van der Waals surface area (Å²) in [7, 11) is 0. The molecule has 0 radical (unpaired) electrons. The third-order valence-corrected chi connectivity index (χ3v) is 4.99. The lowest BCUT2D eigenvalue weighted by Gasteiger charge is -2.46. The molecule has 3 aliphatic rings. The molecular formula is C19H12N2O. The van der Waals surface area contributed by atoms with Gasteiger partial charge in [-0.2, -0.15) is 10.5 Å². The van der Waals surface area contributed by atoms with E-state index in [9.17, 15) is 15.3 Å². The number of carbonyl (C=O) groups is 1. The fraction of sp³-hybridized carbons (Fsp3) is 0.211. The summed E-state index contributed by atoms with van der Waals surface area (Å²) in [6.07, 6.45) is 0.831. The van der Waals surface area contributed by atoms with E-state index in [0.29, 0.717) is 5.56 Å². The van der Waals surface area contributed by atoms with E-state index in [1.165, 1.54) is 0 Å². The largest absolute Gasteiger partial charge is 0.298 e. The highest BCUT2D eigenvalue weighted by Gasteiger charge is 2.50. The van der Waals surface area contributed by atoms with Crippen LogP contribution in [0.4, 0.5) is 0 Å². The van der Waals surface area contributed by atoms with Crippen molar-refractivity contribution in [2.24, 2.45) is 11.8 Å². The first-order valence-corrected chi connectivity index (χ1v) is 7.27. The Morgan fingerprint density at radius 3 is 1.91 bits per heavy atom. The van der Waals surface area contributed by atoms with Gasteiger partial charge in [0.15, 0.2) is 0 Å². The molecule has 2 aromatic carbocycles. The Bertz CT molecular complexity index is 872. The van der Waals surface area contributed by atoms with Crippen LogP contribution in [0.15, 0.2) is 42.5 Å². The third-order valence-electron chi connectivity index (χ3n) is 4.99. The predicted molar refractivity (Wildman–Crippen MR) is 80.2 cm³/mol. The van der Waals surface area contributed by atoms with Gasteiger partial charge in [-0.05, 0) is 28.3 Å². The van der Waals surface area contributed by atoms with Crippen LogP contribution in [0.25, 0.3) is 0 Å². The van der Waals surface area contributed by atoms with Gasteiger partial charge < -0.3 is 0 Å². The molecule has 0 saturated carbocycles. The van der Waals surface area contributed by atoms with Crippen LogP contribution in [0.3, 0.4) is 0 Å². The van der Waals surface area contributed by atoms with E-state index >= 15 is 0 Å². The van der Waals surface area contributed by atoms with Gasteiger partial charge in [-0.15, -0.1) is 0 Å². The number of nitriles is 2. The lowest BCUT2D eigenvalue weighted by molar-refractivity contribution is 0.112. The topological polar surface area (TPSA) is 64.7 Å². The molecule has 0 saturated heterocycles. The molecule has 0 spiro atoms. The summed E-state index contributed by atoms with van der Waals surface area (Å²) in [6.45, 7) is 0. The van der Waals surface area contributed by atoms with Gasteiger partial charge in [-0.1, -0.05) is 36.4 Å². The zero-order valence-electron chi connectivity index (χ0n) is 11.7. The van der Waals surface area contributed by atoms with E-state index in [1.54, 1.807) is 6.07 Å². The number of fused-ring (bicyclic) bond motifs is 1. The van der Waals surface area contributed by atoms with Crippen LogP contribution in [0.2, 0.25) is 0 Å². The van der Waals surface area contributed by atoms with Crippen LogP contribution >= 0.6 is 0 Å². The minimum Gasteiger partial charge on any atom is -0.298 e. The fourth-order valence-electron chi connectivity index (χ4n) is 4.13. The van der Waals surface area contributed by atoms with Crippen molar-refractivity contribution in [3.8, 4) is 12.1 Å². The maximum atomic E-state index is 11.1. The Morgan fingerprint density at radius 2 is 1.36 bits per heavy atom. The molecule has 0 fully saturated rings. The van der Waals surface area contributed by atoms with Gasteiger partial charge in [0, 0.05) is 17.4 Å². The van der Waals surface area contributed by atoms with Gasteiger partial charge in [0.05, 0.1) is 24.0 Å². The minimum atomic E-state index is -0.362. The second-order valence-corrected chi connectivity index (χ2v) is 5.90. The van der Waals surface area contributed by atoms with Gasteiger partial charge in [-0.25, -0.2) is 0 Å². The van der Waals surface area contributed by atoms with Crippen molar-refractivity contribution in [3.63, 3.8) is 0 Å². The Kier molecular flexibility index (Phi) is 2.65. The zero-order valence-corrected chi connectivity index (χ0v) is 11.7. The summed E-state index contributed by atoms with van der Waals surface area (Å²) in [5, 5.41) is 19.2. The number of hydrogen-bond donors (Lipinski definition) is 0. The molecule has 3 aliphatic carbocycles. The van der Waals surface area contributed by atoms with E-state index in [2.05, 4.69) is 18.2 Å². The summed E-state index contributed by atoms with van der Waals surface area (Å²) in [5.74, 6) is -0.893. The molecule has 3 nitrogen and oxygen atoms in total. The lowest BCUT2D eigenvalue weighted by atomic mass is 9.55. The number of hydrogen-bond acceptors (Lipinski definition) is 3. The first-order valence-electron chi connectivity index (χ1n) is 7.27. The molecule has 22 heavy (non-hydrogen) atoms. The van der Waals surface area contributed by atoms with Crippen molar-refractivity contribution in [2.45, 2.75) is 11.8 Å². The Hall–Kier alpha value is -2.91. The van der Waals surface area contributed by atoms with E-state index in [1.807, 2.05) is 30.3 Å². The standard InChI is InChI=1S/C19H12N2O/c20-8-16-17(9-21)19-13-4-2-1-3-12(13)18(16)14-6-5-11(10-22)7-15(14)19/h1-7,10,16-19H/t16-,17+,18-,19+/m0/s1. The van der Waals surface area contributed by atoms with Crippen molar-refractivity contribution in [3.05, 3.63) is 70.3 Å². The lowest BCUT2D eigenvalue weighted by Crippen LogP contribution is -2.38. The summed E-state index contributed by atoms with van der Waals surface area (Å²) < 4.78 is 0. The van der Waals surface area contributed by atoms with Crippen molar-refractivity contribution >= 4 is 6.29 Å². The second kappa shape index (κ2) is 4.55. The molecule has 0 aliphatic heterocycles. The normalized spacial score (nSPS) is 27.2. The maximum Gasteiger partial charge on any atom is 0.150 e. The molecule has 0 N–H and O–H groups in total. The van der Waals surface area contributed by atoms with Gasteiger partial charge in [-0.3, -0.25) is 4.79 Å². The number of nitrogens with zero attached hydrogens (tertiary/aromatic N) is 2. The van der Waals surface area contributed by atoms with Crippen LogP contribution in [-0.2, 0) is 0 Å². The Morgan fingerprint density at radius 1 is 0.818 bits per heavy atom. The van der Waals surface area contributed by atoms with E-state index in [4.69, 9.17) is 0 Å². The van der Waals surface area contributed by atoms with Gasteiger partial charge in [0.25, 0.3) is 0 Å². The quantitative estimate of drug-likeness (QED) is 0.754. The smallest absolute Gasteiger partial charge is 0.150 e. The highest BCUT2D eigenvalue weighted by Crippen LogP contribution is 2.57. The Balaban J connectivity index is 2.06. The first kappa shape index (κ1) is 12.8. The third kappa shape index (κ3) is 1.46. The van der Waals surface area contributed by atoms with E-state index < -0.39 is 0 Å². The average Bonchev–Trinajstić information content (AvgIpc) is 2.60. The predicted octanol–water partition coefficient (Wildman–Crippen LogP) is 3.37. The summed E-state index contributed by atoms with van der Waals surface area (Å²) in [5.41, 5.74) is 5.02. The molecule has 5 rings (SSSR count). The SMILES string of the molecule is N#C[C@@H]1[C@H]2c3ccccc3[C@H](c3cc(C=O)ccc32)[C@@H]1C#N. The van der Waals surface area contributed by atoms with Crippen LogP contribution in [0.1, 0.15) is 44.4 Å². The molecule has 2 aromatic rings. The summed E-state index contributed by atoms with van der Waals surface area (Å²) in [4.78, 5) is 11.1. The van der Waals surface area contributed by atoms with Crippen LogP contribution in [0.5, 0.6) is 0 Å². The maximum absolute atomic E-state index is 11.1. The number of rotatable bonds is 1. The van der Waals surface area contributed by atoms with Crippen molar-refractivity contribution in [1.29, 1.82) is 10.5 Å². The molecule has 0 unspecified atom stereocenters. The second-order valence-electron chi connectivity index (χ2n) is 5.90. The highest BCUT2D eigenvalue weighted by molar-refractivity contribution is 5.76. The molecular weight excluding hydrogens is 272 g/mol. The molecule has 0 amide bonds. The molecule has 3 heteroatoms. The molecule has 104 valence electrons. The Labute approximate surface area is 128 Å². The minimum absolute atomic E-state index is 0.0773. The first-order chi connectivity index (χ1) is 10.8. The summed E-state index contributed by atoms with van der Waals surface area (Å²) in [6, 6.07) is 18.4. The van der Waals surface area contributed by atoms with Gasteiger partial charge in [0.1, 0.15) is 6.29 Å². The zero-order chi connectivity index (χ0) is 15.3. The van der Waals surface area contributed by atoms with Gasteiger partial charge >= 0.3 is 0 Å². The molecule has 2 bridgehead atoms. The number of aldehydes is 1. The fourth-order valence-corrected chi connectivity index (χ4v) is 4.13. The average molecular weight is 284 g/mol. The number of carbonyl (C=O) groups excluding carboxylic acids is 1. The van der Waals surface area contributed by atoms with Gasteiger partial charge in [0.2, 0.25) is 0 Å². The van der Waals surface area contributed by atoms with Crippen molar-refractivity contribution < 1.29 is 4.79 Å². The van der Waals surface area contributed by atoms with E-state index in [0.717, 1.165) is 28.5 Å².